The zero-order valence-electron chi connectivity index (χ0n) is 12.4. The summed E-state index contributed by atoms with van der Waals surface area (Å²) < 4.78 is 14.1. The van der Waals surface area contributed by atoms with Gasteiger partial charge >= 0.3 is 0 Å². The predicted octanol–water partition coefficient (Wildman–Crippen LogP) is 0.162. The lowest BCUT2D eigenvalue weighted by molar-refractivity contribution is -0.131. The van der Waals surface area contributed by atoms with Gasteiger partial charge in [-0.25, -0.2) is 4.39 Å². The van der Waals surface area contributed by atoms with Gasteiger partial charge < -0.3 is 15.3 Å². The minimum atomic E-state index is -0.614. The third kappa shape index (κ3) is 2.77. The fourth-order valence-electron chi connectivity index (χ4n) is 3.31. The molecule has 1 amide bonds. The normalized spacial score (nSPS) is 23.7. The zero-order valence-corrected chi connectivity index (χ0v) is 12.4. The average molecular weight is 320 g/mol. The maximum Gasteiger partial charge on any atom is 0.257 e. The number of aliphatic hydroxyl groups excluding tert-OH is 1. The van der Waals surface area contributed by atoms with Gasteiger partial charge in [0, 0.05) is 19.1 Å². The molecule has 2 atom stereocenters. The lowest BCUT2D eigenvalue weighted by atomic mass is 9.97. The van der Waals surface area contributed by atoms with Crippen LogP contribution in [0.1, 0.15) is 34.3 Å². The maximum atomic E-state index is 14.1. The number of amides is 1. The molecular formula is C16H17FN2O4. The molecule has 122 valence electrons. The molecule has 0 aliphatic carbocycles. The highest BCUT2D eigenvalue weighted by molar-refractivity contribution is 6.27. The average Bonchev–Trinajstić information content (AvgIpc) is 2.91. The van der Waals surface area contributed by atoms with Crippen molar-refractivity contribution in [2.75, 3.05) is 6.54 Å². The number of benzene rings is 1. The SMILES string of the molecule is O=CC(=O)C1CCC(N2Cc3cc(CO)cc(F)c3C2=O)CN1. The van der Waals surface area contributed by atoms with Crippen molar-refractivity contribution in [3.8, 4) is 0 Å². The van der Waals surface area contributed by atoms with Gasteiger partial charge in [-0.3, -0.25) is 14.4 Å². The number of aldehydes is 1. The molecule has 6 nitrogen and oxygen atoms in total. The number of hydrogen-bond donors (Lipinski definition) is 2. The molecule has 2 heterocycles. The summed E-state index contributed by atoms with van der Waals surface area (Å²) >= 11 is 0. The van der Waals surface area contributed by atoms with Gasteiger partial charge in [0.15, 0.2) is 6.29 Å². The Bertz CT molecular complexity index is 668. The van der Waals surface area contributed by atoms with Crippen molar-refractivity contribution in [3.63, 3.8) is 0 Å². The number of piperidine rings is 1. The van der Waals surface area contributed by atoms with E-state index in [4.69, 9.17) is 5.11 Å². The Kier molecular flexibility index (Phi) is 4.23. The molecule has 0 radical (unpaired) electrons. The Balaban J connectivity index is 1.74. The lowest BCUT2D eigenvalue weighted by Crippen LogP contribution is -2.52. The van der Waals surface area contributed by atoms with Crippen LogP contribution in [0.2, 0.25) is 0 Å². The predicted molar refractivity (Wildman–Crippen MR) is 78.1 cm³/mol. The van der Waals surface area contributed by atoms with E-state index in [0.29, 0.717) is 36.8 Å². The van der Waals surface area contributed by atoms with E-state index in [1.54, 1.807) is 11.0 Å². The van der Waals surface area contributed by atoms with E-state index < -0.39 is 17.6 Å². The van der Waals surface area contributed by atoms with Gasteiger partial charge in [0.25, 0.3) is 5.91 Å². The number of carbonyl (C=O) groups is 3. The van der Waals surface area contributed by atoms with Crippen LogP contribution < -0.4 is 5.32 Å². The highest BCUT2D eigenvalue weighted by Crippen LogP contribution is 2.30. The standard InChI is InChI=1S/C16H17FN2O4/c17-12-4-9(7-20)3-10-6-19(16(23)15(10)12)11-1-2-13(18-5-11)14(22)8-21/h3-4,8,11,13,18,20H,1-2,5-7H2. The molecule has 23 heavy (non-hydrogen) atoms. The smallest absolute Gasteiger partial charge is 0.257 e. The van der Waals surface area contributed by atoms with E-state index in [2.05, 4.69) is 5.32 Å². The summed E-state index contributed by atoms with van der Waals surface area (Å²) in [6, 6.07) is 2.17. The van der Waals surface area contributed by atoms with Crippen LogP contribution >= 0.6 is 0 Å². The van der Waals surface area contributed by atoms with Gasteiger partial charge in [-0.15, -0.1) is 0 Å². The van der Waals surface area contributed by atoms with E-state index >= 15 is 0 Å². The van der Waals surface area contributed by atoms with Crippen LogP contribution in [-0.4, -0.2) is 46.6 Å². The van der Waals surface area contributed by atoms with E-state index in [1.807, 2.05) is 0 Å². The Morgan fingerprint density at radius 3 is 2.83 bits per heavy atom. The number of rotatable bonds is 4. The Labute approximate surface area is 132 Å². The van der Waals surface area contributed by atoms with Gasteiger partial charge in [0.1, 0.15) is 5.82 Å². The fraction of sp³-hybridized carbons (Fsp3) is 0.438. The van der Waals surface area contributed by atoms with Crippen molar-refractivity contribution >= 4 is 18.0 Å². The largest absolute Gasteiger partial charge is 0.392 e. The van der Waals surface area contributed by atoms with Gasteiger partial charge in [-0.2, -0.15) is 0 Å². The van der Waals surface area contributed by atoms with Crippen LogP contribution in [0.25, 0.3) is 0 Å². The van der Waals surface area contributed by atoms with E-state index in [9.17, 15) is 18.8 Å². The second-order valence-electron chi connectivity index (χ2n) is 5.92. The zero-order chi connectivity index (χ0) is 16.6. The number of carbonyl (C=O) groups excluding carboxylic acids is 3. The van der Waals surface area contributed by atoms with Crippen molar-refractivity contribution < 1.29 is 23.9 Å². The first kappa shape index (κ1) is 15.8. The van der Waals surface area contributed by atoms with Crippen molar-refractivity contribution in [1.82, 2.24) is 10.2 Å². The number of halogens is 1. The highest BCUT2D eigenvalue weighted by Gasteiger charge is 2.37. The first-order chi connectivity index (χ1) is 11.0. The van der Waals surface area contributed by atoms with Crippen molar-refractivity contribution in [2.45, 2.75) is 38.1 Å². The molecule has 2 N–H and O–H groups in total. The van der Waals surface area contributed by atoms with Gasteiger partial charge in [-0.1, -0.05) is 6.07 Å². The summed E-state index contributed by atoms with van der Waals surface area (Å²) in [6.45, 7) is 0.398. The molecule has 3 rings (SSSR count). The van der Waals surface area contributed by atoms with Crippen molar-refractivity contribution in [3.05, 3.63) is 34.6 Å². The monoisotopic (exact) mass is 320 g/mol. The molecule has 1 aromatic rings. The molecule has 2 aliphatic rings. The van der Waals surface area contributed by atoms with Crippen LogP contribution in [0, 0.1) is 5.82 Å². The lowest BCUT2D eigenvalue weighted by Gasteiger charge is -2.34. The molecule has 0 aromatic heterocycles. The molecular weight excluding hydrogens is 303 g/mol. The van der Waals surface area contributed by atoms with Crippen LogP contribution in [0.4, 0.5) is 4.39 Å². The first-order valence-electron chi connectivity index (χ1n) is 7.50. The van der Waals surface area contributed by atoms with Gasteiger partial charge in [-0.05, 0) is 30.0 Å². The van der Waals surface area contributed by atoms with E-state index in [1.165, 1.54) is 6.07 Å². The number of Topliss-reactive ketones (excluding diaryl/α,β-unsaturated/α-hetero) is 1. The minimum absolute atomic E-state index is 0.0632. The van der Waals surface area contributed by atoms with Crippen LogP contribution in [0.3, 0.4) is 0 Å². The van der Waals surface area contributed by atoms with Crippen molar-refractivity contribution in [2.24, 2.45) is 0 Å². The summed E-state index contributed by atoms with van der Waals surface area (Å²) in [5, 5.41) is 12.1. The number of ketones is 1. The number of nitrogens with one attached hydrogen (secondary N) is 1. The molecule has 1 saturated heterocycles. The maximum absolute atomic E-state index is 14.1. The number of nitrogens with zero attached hydrogens (tertiary/aromatic N) is 1. The molecule has 0 spiro atoms. The highest BCUT2D eigenvalue weighted by atomic mass is 19.1. The van der Waals surface area contributed by atoms with Gasteiger partial charge in [0.05, 0.1) is 18.2 Å². The summed E-state index contributed by atoms with van der Waals surface area (Å²) in [4.78, 5) is 35.9. The van der Waals surface area contributed by atoms with Crippen LogP contribution in [0.15, 0.2) is 12.1 Å². The Hall–Kier alpha value is -2.12. The topological polar surface area (TPSA) is 86.7 Å². The molecule has 2 unspecified atom stereocenters. The minimum Gasteiger partial charge on any atom is -0.392 e. The number of hydrogen-bond acceptors (Lipinski definition) is 5. The molecule has 7 heteroatoms. The molecule has 2 aliphatic heterocycles. The number of aliphatic hydroxyl groups is 1. The fourth-order valence-corrected chi connectivity index (χ4v) is 3.31. The summed E-state index contributed by atoms with van der Waals surface area (Å²) in [5.41, 5.74) is 1.08. The number of fused-ring (bicyclic) bond motifs is 1. The van der Waals surface area contributed by atoms with E-state index in [0.717, 1.165) is 0 Å². The molecule has 0 saturated carbocycles. The Morgan fingerprint density at radius 2 is 2.22 bits per heavy atom. The van der Waals surface area contributed by atoms with Crippen molar-refractivity contribution in [1.29, 1.82) is 0 Å². The molecule has 1 aromatic carbocycles. The molecule has 1 fully saturated rings. The second kappa shape index (κ2) is 6.17. The third-order valence-corrected chi connectivity index (χ3v) is 4.52. The second-order valence-corrected chi connectivity index (χ2v) is 5.92. The Morgan fingerprint density at radius 1 is 1.43 bits per heavy atom. The summed E-state index contributed by atoms with van der Waals surface area (Å²) in [6.07, 6.45) is 1.35. The first-order valence-corrected chi connectivity index (χ1v) is 7.50. The van der Waals surface area contributed by atoms with Crippen LogP contribution in [-0.2, 0) is 22.7 Å². The third-order valence-electron chi connectivity index (χ3n) is 4.52. The summed E-state index contributed by atoms with van der Waals surface area (Å²) in [5.74, 6) is -1.47. The van der Waals surface area contributed by atoms with E-state index in [-0.39, 0.29) is 30.7 Å². The van der Waals surface area contributed by atoms with Crippen LogP contribution in [0.5, 0.6) is 0 Å². The quantitative estimate of drug-likeness (QED) is 0.610. The molecule has 0 bridgehead atoms. The summed E-state index contributed by atoms with van der Waals surface area (Å²) in [7, 11) is 0. The van der Waals surface area contributed by atoms with Gasteiger partial charge in [0.2, 0.25) is 5.78 Å².